The minimum atomic E-state index is 1.09. The normalized spacial score (nSPS) is 13.2. The van der Waals surface area contributed by atoms with Gasteiger partial charge in [-0.1, -0.05) is 66.7 Å². The molecular weight excluding hydrogens is 388 g/mol. The summed E-state index contributed by atoms with van der Waals surface area (Å²) < 4.78 is 4.84. The zero-order valence-electron chi connectivity index (χ0n) is 17.7. The lowest BCUT2D eigenvalue weighted by Crippen LogP contribution is -2.30. The van der Waals surface area contributed by atoms with Crippen molar-refractivity contribution in [2.45, 2.75) is 12.8 Å². The third kappa shape index (κ3) is 2.35. The number of hydrogen-bond donors (Lipinski definition) is 0. The Hall–Kier alpha value is -4.04. The summed E-state index contributed by atoms with van der Waals surface area (Å²) in [6, 6.07) is 34.9. The van der Waals surface area contributed by atoms with E-state index in [-0.39, 0.29) is 0 Å². The Bertz CT molecular complexity index is 1750. The lowest BCUT2D eigenvalue weighted by molar-refractivity contribution is 1.02. The molecular formula is C30H22N2. The summed E-state index contributed by atoms with van der Waals surface area (Å²) >= 11 is 0. The molecule has 0 radical (unpaired) electrons. The van der Waals surface area contributed by atoms with Crippen LogP contribution in [0.2, 0.25) is 0 Å². The van der Waals surface area contributed by atoms with E-state index in [0.29, 0.717) is 0 Å². The molecule has 32 heavy (non-hydrogen) atoms. The first-order valence-electron chi connectivity index (χ1n) is 11.3. The topological polar surface area (TPSA) is 9.86 Å². The molecule has 4 aromatic carbocycles. The Morgan fingerprint density at radius 2 is 1.06 bits per heavy atom. The van der Waals surface area contributed by atoms with E-state index < -0.39 is 0 Å². The highest BCUT2D eigenvalue weighted by Gasteiger charge is 2.19. The van der Waals surface area contributed by atoms with Gasteiger partial charge in [0, 0.05) is 38.1 Å². The smallest absolute Gasteiger partial charge is 0.0548 e. The maximum atomic E-state index is 2.44. The highest BCUT2D eigenvalue weighted by molar-refractivity contribution is 6.21. The van der Waals surface area contributed by atoms with E-state index in [4.69, 9.17) is 0 Å². The third-order valence-electron chi connectivity index (χ3n) is 6.73. The first-order valence-corrected chi connectivity index (χ1v) is 11.3. The Morgan fingerprint density at radius 1 is 0.469 bits per heavy atom. The van der Waals surface area contributed by atoms with Crippen LogP contribution in [0.1, 0.15) is 12.8 Å². The summed E-state index contributed by atoms with van der Waals surface area (Å²) in [4.78, 5) is 0. The fraction of sp³-hybridized carbons (Fsp3) is 0.0667. The Kier molecular flexibility index (Phi) is 3.71. The fourth-order valence-electron chi connectivity index (χ4n) is 5.45. The molecule has 1 aliphatic rings. The van der Waals surface area contributed by atoms with Crippen molar-refractivity contribution in [1.29, 1.82) is 0 Å². The van der Waals surface area contributed by atoms with Crippen molar-refractivity contribution in [3.8, 4) is 11.4 Å². The van der Waals surface area contributed by atoms with Crippen LogP contribution in [-0.4, -0.2) is 9.13 Å². The molecule has 2 heteroatoms. The van der Waals surface area contributed by atoms with E-state index in [0.717, 1.165) is 12.8 Å². The SMILES string of the molecule is C1=c2c(n(-c3ccccc3)c3ccc4c(c5ccccc5n4-c4ccccc4)c23)=CCC1. The molecule has 0 fully saturated rings. The largest absolute Gasteiger partial charge is 0.310 e. The quantitative estimate of drug-likeness (QED) is 0.327. The minimum Gasteiger partial charge on any atom is -0.310 e. The molecule has 0 aliphatic heterocycles. The van der Waals surface area contributed by atoms with Gasteiger partial charge in [0.1, 0.15) is 0 Å². The van der Waals surface area contributed by atoms with E-state index in [1.165, 1.54) is 54.7 Å². The molecule has 0 saturated heterocycles. The molecule has 1 aliphatic carbocycles. The third-order valence-corrected chi connectivity index (χ3v) is 6.73. The molecule has 0 amide bonds. The summed E-state index contributed by atoms with van der Waals surface area (Å²) in [6.45, 7) is 0. The van der Waals surface area contributed by atoms with Crippen LogP contribution < -0.4 is 10.6 Å². The molecule has 2 aromatic heterocycles. The highest BCUT2D eigenvalue weighted by atomic mass is 15.0. The first-order chi connectivity index (χ1) is 15.9. The van der Waals surface area contributed by atoms with Gasteiger partial charge in [-0.2, -0.15) is 0 Å². The standard InChI is InChI=1S/C30H22N2/c1-3-11-21(12-4-1)31-25-17-9-7-15-23(25)29-27(31)19-20-28-30(29)24-16-8-10-18-26(24)32(28)22-13-5-2-6-14-22/h1-7,9,11-20H,8,10H2. The molecule has 0 spiro atoms. The Morgan fingerprint density at radius 3 is 1.81 bits per heavy atom. The summed E-state index contributed by atoms with van der Waals surface area (Å²) in [5.74, 6) is 0. The van der Waals surface area contributed by atoms with Crippen LogP contribution in [-0.2, 0) is 0 Å². The van der Waals surface area contributed by atoms with Gasteiger partial charge in [-0.25, -0.2) is 0 Å². The van der Waals surface area contributed by atoms with Gasteiger partial charge in [-0.05, 0) is 55.3 Å². The lowest BCUT2D eigenvalue weighted by atomic mass is 10.0. The van der Waals surface area contributed by atoms with Crippen LogP contribution >= 0.6 is 0 Å². The molecule has 0 saturated carbocycles. The summed E-state index contributed by atoms with van der Waals surface area (Å²) in [5.41, 5.74) is 6.21. The van der Waals surface area contributed by atoms with Crippen molar-refractivity contribution in [3.05, 3.63) is 108 Å². The molecule has 7 rings (SSSR count). The number of fused-ring (bicyclic) bond motifs is 7. The molecule has 152 valence electrons. The summed E-state index contributed by atoms with van der Waals surface area (Å²) in [7, 11) is 0. The van der Waals surface area contributed by atoms with Gasteiger partial charge in [-0.3, -0.25) is 0 Å². The van der Waals surface area contributed by atoms with Crippen LogP contribution in [0.4, 0.5) is 0 Å². The van der Waals surface area contributed by atoms with Gasteiger partial charge in [-0.15, -0.1) is 0 Å². The van der Waals surface area contributed by atoms with Gasteiger partial charge in [0.2, 0.25) is 0 Å². The van der Waals surface area contributed by atoms with Crippen molar-refractivity contribution in [3.63, 3.8) is 0 Å². The molecule has 6 aromatic rings. The molecule has 2 nitrogen and oxygen atoms in total. The van der Waals surface area contributed by atoms with Gasteiger partial charge in [0.15, 0.2) is 0 Å². The van der Waals surface area contributed by atoms with Crippen LogP contribution in [0.15, 0.2) is 97.1 Å². The van der Waals surface area contributed by atoms with Gasteiger partial charge in [0.05, 0.1) is 16.6 Å². The molecule has 0 N–H and O–H groups in total. The monoisotopic (exact) mass is 410 g/mol. The van der Waals surface area contributed by atoms with E-state index in [1.54, 1.807) is 0 Å². The second-order valence-corrected chi connectivity index (χ2v) is 8.50. The van der Waals surface area contributed by atoms with E-state index in [1.807, 2.05) is 0 Å². The number of hydrogen-bond acceptors (Lipinski definition) is 0. The zero-order valence-corrected chi connectivity index (χ0v) is 17.7. The lowest BCUT2D eigenvalue weighted by Gasteiger charge is -2.09. The average Bonchev–Trinajstić information content (AvgIpc) is 3.38. The van der Waals surface area contributed by atoms with Gasteiger partial charge in [0.25, 0.3) is 0 Å². The van der Waals surface area contributed by atoms with Crippen molar-refractivity contribution in [2.24, 2.45) is 0 Å². The number of benzene rings is 4. The van der Waals surface area contributed by atoms with Crippen LogP contribution in [0.25, 0.3) is 56.2 Å². The predicted octanol–water partition coefficient (Wildman–Crippen LogP) is 6.08. The molecule has 0 bridgehead atoms. The molecule has 0 unspecified atom stereocenters. The number of nitrogens with zero attached hydrogens (tertiary/aromatic N) is 2. The van der Waals surface area contributed by atoms with E-state index >= 15 is 0 Å². The zero-order chi connectivity index (χ0) is 21.1. The first kappa shape index (κ1) is 17.6. The van der Waals surface area contributed by atoms with Crippen molar-refractivity contribution in [2.75, 3.05) is 0 Å². The molecule has 2 heterocycles. The highest BCUT2D eigenvalue weighted by Crippen LogP contribution is 2.36. The maximum absolute atomic E-state index is 2.44. The van der Waals surface area contributed by atoms with E-state index in [2.05, 4.69) is 118 Å². The van der Waals surface area contributed by atoms with Gasteiger partial charge >= 0.3 is 0 Å². The van der Waals surface area contributed by atoms with Crippen molar-refractivity contribution < 1.29 is 0 Å². The average molecular weight is 411 g/mol. The summed E-state index contributed by atoms with van der Waals surface area (Å²) in [6.07, 6.45) is 7.02. The predicted molar refractivity (Wildman–Crippen MR) is 135 cm³/mol. The Labute approximate surface area is 186 Å². The fourth-order valence-corrected chi connectivity index (χ4v) is 5.45. The van der Waals surface area contributed by atoms with Crippen LogP contribution in [0.3, 0.4) is 0 Å². The van der Waals surface area contributed by atoms with Crippen molar-refractivity contribution >= 4 is 44.9 Å². The number of aromatic nitrogens is 2. The van der Waals surface area contributed by atoms with Crippen molar-refractivity contribution in [1.82, 2.24) is 9.13 Å². The second kappa shape index (κ2) is 6.73. The Balaban J connectivity index is 1.74. The minimum absolute atomic E-state index is 1.09. The van der Waals surface area contributed by atoms with E-state index in [9.17, 15) is 0 Å². The van der Waals surface area contributed by atoms with Crippen LogP contribution in [0.5, 0.6) is 0 Å². The maximum Gasteiger partial charge on any atom is 0.0548 e. The van der Waals surface area contributed by atoms with Gasteiger partial charge < -0.3 is 9.13 Å². The number of rotatable bonds is 2. The second-order valence-electron chi connectivity index (χ2n) is 8.50. The summed E-state index contributed by atoms with van der Waals surface area (Å²) in [5, 5.41) is 6.71. The molecule has 0 atom stereocenters. The van der Waals surface area contributed by atoms with Crippen LogP contribution in [0, 0.1) is 0 Å². The number of para-hydroxylation sites is 3.